The van der Waals surface area contributed by atoms with Crippen molar-refractivity contribution in [2.45, 2.75) is 58.0 Å². The minimum Gasteiger partial charge on any atom is -0.481 e. The van der Waals surface area contributed by atoms with Gasteiger partial charge in [0.05, 0.1) is 6.10 Å². The first-order valence-corrected chi connectivity index (χ1v) is 9.00. The third-order valence-electron chi connectivity index (χ3n) is 3.20. The zero-order valence-corrected chi connectivity index (χ0v) is 15.3. The predicted octanol–water partition coefficient (Wildman–Crippen LogP) is 5.52. The summed E-state index contributed by atoms with van der Waals surface area (Å²) in [6.45, 7) is 2.08. The number of aliphatic hydroxyl groups is 1. The maximum absolute atomic E-state index is 10.3. The van der Waals surface area contributed by atoms with Crippen LogP contribution in [0.5, 0.6) is 0 Å². The van der Waals surface area contributed by atoms with E-state index in [0.717, 1.165) is 25.7 Å². The Hall–Kier alpha value is -2.13. The van der Waals surface area contributed by atoms with E-state index in [-0.39, 0.29) is 6.42 Å². The minimum absolute atomic E-state index is 0.194. The first-order valence-electron chi connectivity index (χ1n) is 9.00. The van der Waals surface area contributed by atoms with E-state index in [1.165, 1.54) is 0 Å². The fraction of sp³-hybridized carbons (Fsp3) is 0.409. The first-order chi connectivity index (χ1) is 12.2. The molecule has 0 radical (unpaired) electrons. The van der Waals surface area contributed by atoms with Crippen LogP contribution < -0.4 is 0 Å². The fourth-order valence-corrected chi connectivity index (χ4v) is 1.86. The highest BCUT2D eigenvalue weighted by atomic mass is 16.4. The molecule has 3 nitrogen and oxygen atoms in total. The Labute approximate surface area is 152 Å². The lowest BCUT2D eigenvalue weighted by atomic mass is 10.2. The van der Waals surface area contributed by atoms with Crippen molar-refractivity contribution in [2.75, 3.05) is 0 Å². The molecule has 25 heavy (non-hydrogen) atoms. The fourth-order valence-electron chi connectivity index (χ4n) is 1.86. The predicted molar refractivity (Wildman–Crippen MR) is 106 cm³/mol. The Kier molecular flexibility index (Phi) is 16.7. The van der Waals surface area contributed by atoms with Crippen molar-refractivity contribution in [1.82, 2.24) is 0 Å². The summed E-state index contributed by atoms with van der Waals surface area (Å²) >= 11 is 0. The van der Waals surface area contributed by atoms with E-state index in [1.54, 1.807) is 6.08 Å². The molecule has 0 aliphatic heterocycles. The summed E-state index contributed by atoms with van der Waals surface area (Å²) in [6, 6.07) is 0. The van der Waals surface area contributed by atoms with E-state index >= 15 is 0 Å². The van der Waals surface area contributed by atoms with Gasteiger partial charge in [-0.25, -0.2) is 0 Å². The number of carboxylic acid groups (broad SMARTS) is 1. The highest BCUT2D eigenvalue weighted by Crippen LogP contribution is 1.99. The molecule has 0 heterocycles. The van der Waals surface area contributed by atoms with Gasteiger partial charge in [-0.1, -0.05) is 79.8 Å². The van der Waals surface area contributed by atoms with Crippen molar-refractivity contribution in [2.24, 2.45) is 0 Å². The smallest absolute Gasteiger partial charge is 0.303 e. The van der Waals surface area contributed by atoms with Gasteiger partial charge in [0.15, 0.2) is 0 Å². The summed E-state index contributed by atoms with van der Waals surface area (Å²) in [6.07, 6.45) is 28.6. The van der Waals surface area contributed by atoms with Crippen LogP contribution in [0.15, 0.2) is 72.9 Å². The number of carbonyl (C=O) groups is 1. The average molecular weight is 344 g/mol. The van der Waals surface area contributed by atoms with Crippen LogP contribution >= 0.6 is 0 Å². The van der Waals surface area contributed by atoms with E-state index in [1.807, 2.05) is 36.5 Å². The Morgan fingerprint density at radius 3 is 1.96 bits per heavy atom. The zero-order chi connectivity index (χ0) is 18.6. The second-order valence-corrected chi connectivity index (χ2v) is 5.55. The van der Waals surface area contributed by atoms with Crippen molar-refractivity contribution < 1.29 is 15.0 Å². The molecule has 0 saturated carbocycles. The molecule has 0 bridgehead atoms. The molecule has 0 saturated heterocycles. The highest BCUT2D eigenvalue weighted by Gasteiger charge is 1.92. The van der Waals surface area contributed by atoms with Gasteiger partial charge in [-0.3, -0.25) is 4.79 Å². The normalized spacial score (nSPS) is 14.3. The van der Waals surface area contributed by atoms with Crippen molar-refractivity contribution in [3.8, 4) is 0 Å². The van der Waals surface area contributed by atoms with Gasteiger partial charge in [0.1, 0.15) is 0 Å². The van der Waals surface area contributed by atoms with Gasteiger partial charge >= 0.3 is 5.97 Å². The monoisotopic (exact) mass is 344 g/mol. The summed E-state index contributed by atoms with van der Waals surface area (Å²) < 4.78 is 0. The topological polar surface area (TPSA) is 57.5 Å². The molecule has 138 valence electrons. The molecule has 0 aromatic rings. The van der Waals surface area contributed by atoms with Crippen molar-refractivity contribution in [3.05, 3.63) is 72.9 Å². The Bertz CT molecular complexity index is 493. The maximum Gasteiger partial charge on any atom is 0.303 e. The van der Waals surface area contributed by atoms with Crippen LogP contribution in [0.2, 0.25) is 0 Å². The number of allylic oxidation sites excluding steroid dienone is 10. The minimum atomic E-state index is -0.755. The van der Waals surface area contributed by atoms with Crippen LogP contribution in [0.25, 0.3) is 0 Å². The number of rotatable bonds is 14. The van der Waals surface area contributed by atoms with Gasteiger partial charge < -0.3 is 10.2 Å². The molecule has 2 N–H and O–H groups in total. The second-order valence-electron chi connectivity index (χ2n) is 5.55. The maximum atomic E-state index is 10.3. The zero-order valence-electron chi connectivity index (χ0n) is 15.3. The van der Waals surface area contributed by atoms with Crippen LogP contribution in [0.3, 0.4) is 0 Å². The number of aliphatic carboxylic acids is 1. The summed E-state index contributed by atoms with van der Waals surface area (Å²) in [4.78, 5) is 10.3. The van der Waals surface area contributed by atoms with Gasteiger partial charge in [-0.15, -0.1) is 0 Å². The van der Waals surface area contributed by atoms with Crippen molar-refractivity contribution in [3.63, 3.8) is 0 Å². The lowest BCUT2D eigenvalue weighted by Gasteiger charge is -1.98. The summed E-state index contributed by atoms with van der Waals surface area (Å²) in [7, 11) is 0. The summed E-state index contributed by atoms with van der Waals surface area (Å²) in [5.74, 6) is -0.755. The lowest BCUT2D eigenvalue weighted by Crippen LogP contribution is -1.98. The Balaban J connectivity index is 3.65. The molecular formula is C22H32O3. The van der Waals surface area contributed by atoms with E-state index in [0.29, 0.717) is 12.8 Å². The third kappa shape index (κ3) is 19.8. The van der Waals surface area contributed by atoms with Gasteiger partial charge in [-0.2, -0.15) is 0 Å². The molecule has 0 amide bonds. The first kappa shape index (κ1) is 22.9. The molecule has 0 rings (SSSR count). The van der Waals surface area contributed by atoms with E-state index in [4.69, 9.17) is 5.11 Å². The van der Waals surface area contributed by atoms with Gasteiger partial charge in [0.25, 0.3) is 0 Å². The number of aliphatic hydroxyl groups excluding tert-OH is 1. The highest BCUT2D eigenvalue weighted by molar-refractivity contribution is 5.66. The van der Waals surface area contributed by atoms with Crippen LogP contribution in [0.4, 0.5) is 0 Å². The van der Waals surface area contributed by atoms with E-state index in [2.05, 4.69) is 37.3 Å². The molecule has 0 aliphatic carbocycles. The lowest BCUT2D eigenvalue weighted by molar-refractivity contribution is -0.136. The van der Waals surface area contributed by atoms with Gasteiger partial charge in [0, 0.05) is 6.42 Å². The van der Waals surface area contributed by atoms with Gasteiger partial charge in [-0.05, 0) is 38.5 Å². The van der Waals surface area contributed by atoms with E-state index < -0.39 is 12.1 Å². The Morgan fingerprint density at radius 1 is 0.840 bits per heavy atom. The van der Waals surface area contributed by atoms with Crippen LogP contribution in [-0.2, 0) is 4.79 Å². The number of hydrogen-bond donors (Lipinski definition) is 2. The average Bonchev–Trinajstić information content (AvgIpc) is 2.58. The molecule has 1 unspecified atom stereocenters. The second kappa shape index (κ2) is 18.2. The number of carboxylic acids is 1. The molecular weight excluding hydrogens is 312 g/mol. The van der Waals surface area contributed by atoms with Crippen molar-refractivity contribution in [1.29, 1.82) is 0 Å². The third-order valence-corrected chi connectivity index (χ3v) is 3.20. The molecule has 1 atom stereocenters. The molecule has 0 spiro atoms. The van der Waals surface area contributed by atoms with E-state index in [9.17, 15) is 9.90 Å². The molecule has 0 aromatic heterocycles. The largest absolute Gasteiger partial charge is 0.481 e. The summed E-state index contributed by atoms with van der Waals surface area (Å²) in [5, 5.41) is 18.2. The van der Waals surface area contributed by atoms with Crippen LogP contribution in [0, 0.1) is 0 Å². The Morgan fingerprint density at radius 2 is 1.40 bits per heavy atom. The van der Waals surface area contributed by atoms with Crippen LogP contribution in [-0.4, -0.2) is 22.3 Å². The van der Waals surface area contributed by atoms with Crippen molar-refractivity contribution >= 4 is 5.97 Å². The SMILES string of the molecule is CC/C=C\C=C/C(O)C/C=C\C/C=C\C/C=C\C/C=C\CCC(=O)O. The molecule has 0 aromatic carbocycles. The van der Waals surface area contributed by atoms with Crippen LogP contribution in [0.1, 0.15) is 51.9 Å². The van der Waals surface area contributed by atoms with Gasteiger partial charge in [0.2, 0.25) is 0 Å². The molecule has 0 aliphatic rings. The quantitative estimate of drug-likeness (QED) is 0.322. The summed E-state index contributed by atoms with van der Waals surface area (Å²) in [5.41, 5.74) is 0. The standard InChI is InChI=1S/C22H32O3/c1-2-3-4-15-18-21(23)19-16-13-11-9-7-5-6-8-10-12-14-17-20-22(24)25/h3-4,6-9,12-16,18,21,23H,2,5,10-11,17,19-20H2,1H3,(H,24,25)/b4-3-,8-6-,9-7-,14-12-,16-13-,18-15-. The molecule has 3 heteroatoms. The molecule has 0 fully saturated rings. The number of hydrogen-bond acceptors (Lipinski definition) is 2.